The number of rotatable bonds is 8. The van der Waals surface area contributed by atoms with E-state index in [0.29, 0.717) is 0 Å². The molecule has 0 bridgehead atoms. The molecule has 10 heteroatoms. The fourth-order valence-electron chi connectivity index (χ4n) is 1.64. The van der Waals surface area contributed by atoms with Gasteiger partial charge >= 0.3 is 0 Å². The lowest BCUT2D eigenvalue weighted by molar-refractivity contribution is -0.387. The number of nitrogen functional groups attached to an aromatic ring is 1. The number of nitrogens with one attached hydrogen (secondary N) is 2. The molecule has 0 fully saturated rings. The van der Waals surface area contributed by atoms with Crippen molar-refractivity contribution in [2.75, 3.05) is 24.0 Å². The minimum atomic E-state index is -3.98. The Hall–Kier alpha value is -1.36. The van der Waals surface area contributed by atoms with Crippen LogP contribution in [0, 0.1) is 16.0 Å². The van der Waals surface area contributed by atoms with Crippen LogP contribution in [-0.2, 0) is 10.0 Å². The first-order valence-electron chi connectivity index (χ1n) is 6.05. The van der Waals surface area contributed by atoms with Crippen molar-refractivity contribution in [1.82, 2.24) is 4.72 Å². The summed E-state index contributed by atoms with van der Waals surface area (Å²) in [5.74, 6) is 6.11. The van der Waals surface area contributed by atoms with Crippen molar-refractivity contribution in [3.05, 3.63) is 28.3 Å². The molecule has 0 spiro atoms. The third-order valence-electron chi connectivity index (χ3n) is 2.69. The molecule has 1 aromatic carbocycles. The zero-order chi connectivity index (χ0) is 16.0. The first-order valence-corrected chi connectivity index (χ1v) is 8.93. The molecule has 1 unspecified atom stereocenters. The van der Waals surface area contributed by atoms with Crippen molar-refractivity contribution in [3.8, 4) is 0 Å². The summed E-state index contributed by atoms with van der Waals surface area (Å²) in [7, 11) is -3.98. The van der Waals surface area contributed by atoms with Crippen LogP contribution in [0.25, 0.3) is 0 Å². The molecule has 0 radical (unpaired) electrons. The number of nitro groups is 1. The van der Waals surface area contributed by atoms with Gasteiger partial charge in [-0.2, -0.15) is 11.8 Å². The van der Waals surface area contributed by atoms with Crippen LogP contribution < -0.4 is 16.0 Å². The number of sulfonamides is 1. The molecule has 1 rings (SSSR count). The zero-order valence-electron chi connectivity index (χ0n) is 11.7. The van der Waals surface area contributed by atoms with Crippen LogP contribution in [0.4, 0.5) is 11.4 Å². The highest BCUT2D eigenvalue weighted by Crippen LogP contribution is 2.26. The number of hydrazine groups is 1. The van der Waals surface area contributed by atoms with Crippen LogP contribution in [0.2, 0.25) is 0 Å². The molecule has 1 aromatic rings. The fourth-order valence-corrected chi connectivity index (χ4v) is 3.69. The van der Waals surface area contributed by atoms with Gasteiger partial charge in [-0.25, -0.2) is 13.1 Å². The molecule has 21 heavy (non-hydrogen) atoms. The number of thioether (sulfide) groups is 1. The minimum absolute atomic E-state index is 0.115. The molecule has 1 atom stereocenters. The summed E-state index contributed by atoms with van der Waals surface area (Å²) < 4.78 is 26.9. The Kier molecular flexibility index (Phi) is 6.40. The molecule has 0 aliphatic heterocycles. The summed E-state index contributed by atoms with van der Waals surface area (Å²) in [6, 6.07) is 3.59. The number of nitro benzene ring substituents is 1. The van der Waals surface area contributed by atoms with E-state index >= 15 is 0 Å². The van der Waals surface area contributed by atoms with Crippen LogP contribution >= 0.6 is 11.8 Å². The van der Waals surface area contributed by atoms with Gasteiger partial charge in [0.15, 0.2) is 4.90 Å². The molecule has 0 amide bonds. The van der Waals surface area contributed by atoms with Crippen LogP contribution in [0.1, 0.15) is 6.92 Å². The van der Waals surface area contributed by atoms with Gasteiger partial charge in [0.05, 0.1) is 10.6 Å². The van der Waals surface area contributed by atoms with Gasteiger partial charge in [-0.1, -0.05) is 6.92 Å². The lowest BCUT2D eigenvalue weighted by Crippen LogP contribution is -2.29. The largest absolute Gasteiger partial charge is 0.324 e. The Morgan fingerprint density at radius 2 is 2.14 bits per heavy atom. The van der Waals surface area contributed by atoms with Gasteiger partial charge in [0.25, 0.3) is 5.69 Å². The number of anilines is 1. The Morgan fingerprint density at radius 1 is 1.48 bits per heavy atom. The molecule has 0 saturated heterocycles. The minimum Gasteiger partial charge on any atom is -0.324 e. The zero-order valence-corrected chi connectivity index (χ0v) is 13.3. The van der Waals surface area contributed by atoms with Gasteiger partial charge < -0.3 is 5.43 Å². The molecular weight excluding hydrogens is 316 g/mol. The number of nitrogens with zero attached hydrogens (tertiary/aromatic N) is 1. The smallest absolute Gasteiger partial charge is 0.289 e. The maximum Gasteiger partial charge on any atom is 0.289 e. The van der Waals surface area contributed by atoms with Gasteiger partial charge in [0.1, 0.15) is 0 Å². The second-order valence-corrected chi connectivity index (χ2v) is 7.14. The third kappa shape index (κ3) is 4.84. The van der Waals surface area contributed by atoms with E-state index in [0.717, 1.165) is 17.9 Å². The van der Waals surface area contributed by atoms with Gasteiger partial charge in [0.2, 0.25) is 10.0 Å². The molecule has 118 valence electrons. The fraction of sp³-hybridized carbons (Fsp3) is 0.455. The normalized spacial score (nSPS) is 12.9. The lowest BCUT2D eigenvalue weighted by Gasteiger charge is -2.12. The third-order valence-corrected chi connectivity index (χ3v) is 5.04. The predicted octanol–water partition coefficient (Wildman–Crippen LogP) is 1.16. The van der Waals surface area contributed by atoms with Crippen molar-refractivity contribution in [2.24, 2.45) is 11.8 Å². The van der Waals surface area contributed by atoms with E-state index < -0.39 is 25.5 Å². The summed E-state index contributed by atoms with van der Waals surface area (Å²) in [6.07, 6.45) is 1.92. The summed E-state index contributed by atoms with van der Waals surface area (Å²) in [4.78, 5) is 9.83. The van der Waals surface area contributed by atoms with Crippen molar-refractivity contribution in [3.63, 3.8) is 0 Å². The molecule has 0 heterocycles. The SMILES string of the molecule is CSCC(C)CNS(=O)(=O)c1cc(NN)ccc1[N+](=O)[O-]. The van der Waals surface area contributed by atoms with Gasteiger partial charge in [-0.05, 0) is 30.1 Å². The average Bonchev–Trinajstić information content (AvgIpc) is 2.44. The Balaban J connectivity index is 3.08. The number of hydrogen-bond acceptors (Lipinski definition) is 7. The summed E-state index contributed by atoms with van der Waals surface area (Å²) >= 11 is 1.60. The Labute approximate surface area is 127 Å². The highest BCUT2D eigenvalue weighted by atomic mass is 32.2. The molecule has 0 aliphatic carbocycles. The summed E-state index contributed by atoms with van der Waals surface area (Å²) in [5, 5.41) is 11.0. The molecular formula is C11H18N4O4S2. The molecule has 4 N–H and O–H groups in total. The number of benzene rings is 1. The van der Waals surface area contributed by atoms with E-state index in [1.807, 2.05) is 13.2 Å². The van der Waals surface area contributed by atoms with Crippen molar-refractivity contribution < 1.29 is 13.3 Å². The topological polar surface area (TPSA) is 127 Å². The van der Waals surface area contributed by atoms with E-state index in [4.69, 9.17) is 5.84 Å². The van der Waals surface area contributed by atoms with E-state index in [1.165, 1.54) is 6.07 Å². The Bertz CT molecular complexity index is 606. The molecule has 0 aromatic heterocycles. The standard InChI is InChI=1S/C11H18N4O4S2/c1-8(7-20-2)6-13-21(18,19)11-5-9(14-12)3-4-10(11)15(16)17/h3-5,8,13-14H,6-7,12H2,1-2H3. The monoisotopic (exact) mass is 334 g/mol. The van der Waals surface area contributed by atoms with Gasteiger partial charge in [-0.15, -0.1) is 0 Å². The van der Waals surface area contributed by atoms with Crippen LogP contribution in [0.15, 0.2) is 23.1 Å². The molecule has 0 aliphatic rings. The Morgan fingerprint density at radius 3 is 2.67 bits per heavy atom. The maximum absolute atomic E-state index is 12.2. The highest BCUT2D eigenvalue weighted by Gasteiger charge is 2.26. The first kappa shape index (κ1) is 17.7. The molecule has 8 nitrogen and oxygen atoms in total. The van der Waals surface area contributed by atoms with Crippen molar-refractivity contribution >= 4 is 33.2 Å². The van der Waals surface area contributed by atoms with Crippen molar-refractivity contribution in [2.45, 2.75) is 11.8 Å². The second-order valence-electron chi connectivity index (χ2n) is 4.50. The van der Waals surface area contributed by atoms with E-state index in [-0.39, 0.29) is 18.2 Å². The summed E-state index contributed by atoms with van der Waals surface area (Å²) in [5.41, 5.74) is 2.06. The van der Waals surface area contributed by atoms with Crippen LogP contribution in [0.5, 0.6) is 0 Å². The first-order chi connectivity index (χ1) is 9.81. The van der Waals surface area contributed by atoms with Crippen molar-refractivity contribution in [1.29, 1.82) is 0 Å². The lowest BCUT2D eigenvalue weighted by atomic mass is 10.2. The second kappa shape index (κ2) is 7.59. The van der Waals surface area contributed by atoms with Gasteiger partial charge in [0, 0.05) is 12.6 Å². The maximum atomic E-state index is 12.2. The predicted molar refractivity (Wildman–Crippen MR) is 83.6 cm³/mol. The van der Waals surface area contributed by atoms with E-state index in [9.17, 15) is 18.5 Å². The average molecular weight is 334 g/mol. The van der Waals surface area contributed by atoms with Crippen LogP contribution in [0.3, 0.4) is 0 Å². The van der Waals surface area contributed by atoms with E-state index in [2.05, 4.69) is 10.1 Å². The number of nitrogens with two attached hydrogens (primary N) is 1. The quantitative estimate of drug-likeness (QED) is 0.370. The van der Waals surface area contributed by atoms with Gasteiger partial charge in [-0.3, -0.25) is 16.0 Å². The summed E-state index contributed by atoms with van der Waals surface area (Å²) in [6.45, 7) is 2.10. The number of hydrogen-bond donors (Lipinski definition) is 3. The van der Waals surface area contributed by atoms with E-state index in [1.54, 1.807) is 11.8 Å². The molecule has 0 saturated carbocycles. The van der Waals surface area contributed by atoms with Crippen LogP contribution in [-0.4, -0.2) is 31.9 Å². The highest BCUT2D eigenvalue weighted by molar-refractivity contribution is 7.98.